The van der Waals surface area contributed by atoms with E-state index in [1.807, 2.05) is 26.0 Å². The molecule has 1 aliphatic rings. The second-order valence-corrected chi connectivity index (χ2v) is 9.58. The van der Waals surface area contributed by atoms with Gasteiger partial charge in [-0.2, -0.15) is 0 Å². The SMILES string of the molecule is CCOC(=O)c1cc(-c2ccc(/C=C3/SC(=O)N(CC(=O)Nc4cccc(C)c4C)C3=O)o2)ccc1Cl. The molecular weight excluding hydrogens is 516 g/mol. The number of anilines is 1. The van der Waals surface area contributed by atoms with Crippen LogP contribution in [0.4, 0.5) is 10.5 Å². The molecule has 0 aliphatic carbocycles. The van der Waals surface area contributed by atoms with Crippen molar-refractivity contribution in [2.45, 2.75) is 20.8 Å². The number of halogens is 1. The molecule has 1 aromatic heterocycles. The number of carbonyl (C=O) groups excluding carboxylic acids is 4. The van der Waals surface area contributed by atoms with Gasteiger partial charge in [0.2, 0.25) is 5.91 Å². The lowest BCUT2D eigenvalue weighted by Gasteiger charge is -2.14. The second-order valence-electron chi connectivity index (χ2n) is 8.18. The van der Waals surface area contributed by atoms with Gasteiger partial charge in [0, 0.05) is 17.3 Å². The summed E-state index contributed by atoms with van der Waals surface area (Å²) in [6.45, 7) is 5.33. The fourth-order valence-electron chi connectivity index (χ4n) is 3.61. The van der Waals surface area contributed by atoms with Crippen molar-refractivity contribution in [1.82, 2.24) is 4.90 Å². The molecule has 1 fully saturated rings. The van der Waals surface area contributed by atoms with Crippen LogP contribution < -0.4 is 5.32 Å². The van der Waals surface area contributed by atoms with Crippen LogP contribution in [0.5, 0.6) is 0 Å². The van der Waals surface area contributed by atoms with Gasteiger partial charge in [0.05, 0.1) is 22.1 Å². The lowest BCUT2D eigenvalue weighted by atomic mass is 10.1. The summed E-state index contributed by atoms with van der Waals surface area (Å²) in [5, 5.41) is 2.46. The van der Waals surface area contributed by atoms with Gasteiger partial charge in [0.25, 0.3) is 11.1 Å². The summed E-state index contributed by atoms with van der Waals surface area (Å²) in [4.78, 5) is 51.0. The van der Waals surface area contributed by atoms with Gasteiger partial charge < -0.3 is 14.5 Å². The van der Waals surface area contributed by atoms with Crippen LogP contribution in [0.3, 0.4) is 0 Å². The van der Waals surface area contributed by atoms with Gasteiger partial charge in [0.1, 0.15) is 18.1 Å². The van der Waals surface area contributed by atoms with Crippen molar-refractivity contribution in [3.63, 3.8) is 0 Å². The number of hydrogen-bond acceptors (Lipinski definition) is 7. The minimum absolute atomic E-state index is 0.133. The van der Waals surface area contributed by atoms with Gasteiger partial charge in [-0.1, -0.05) is 23.7 Å². The van der Waals surface area contributed by atoms with Crippen LogP contribution in [0, 0.1) is 13.8 Å². The van der Waals surface area contributed by atoms with E-state index in [1.54, 1.807) is 43.3 Å². The van der Waals surface area contributed by atoms with Crippen molar-refractivity contribution in [2.75, 3.05) is 18.5 Å². The predicted molar refractivity (Wildman–Crippen MR) is 142 cm³/mol. The number of imide groups is 1. The van der Waals surface area contributed by atoms with E-state index in [0.29, 0.717) is 22.8 Å². The lowest BCUT2D eigenvalue weighted by molar-refractivity contribution is -0.127. The first-order chi connectivity index (χ1) is 17.7. The van der Waals surface area contributed by atoms with Gasteiger partial charge in [-0.25, -0.2) is 4.79 Å². The largest absolute Gasteiger partial charge is 0.462 e. The third-order valence-electron chi connectivity index (χ3n) is 5.70. The number of ether oxygens (including phenoxy) is 1. The van der Waals surface area contributed by atoms with E-state index >= 15 is 0 Å². The van der Waals surface area contributed by atoms with Crippen LogP contribution in [-0.2, 0) is 14.3 Å². The zero-order valence-corrected chi connectivity index (χ0v) is 21.9. The van der Waals surface area contributed by atoms with Crippen LogP contribution in [0.15, 0.2) is 57.9 Å². The number of rotatable bonds is 7. The van der Waals surface area contributed by atoms with Gasteiger partial charge in [0.15, 0.2) is 0 Å². The van der Waals surface area contributed by atoms with Gasteiger partial charge in [-0.05, 0) is 80.1 Å². The van der Waals surface area contributed by atoms with E-state index in [1.165, 1.54) is 6.08 Å². The average molecular weight is 539 g/mol. The first-order valence-electron chi connectivity index (χ1n) is 11.4. The zero-order valence-electron chi connectivity index (χ0n) is 20.3. The molecule has 37 heavy (non-hydrogen) atoms. The summed E-state index contributed by atoms with van der Waals surface area (Å²) >= 11 is 6.86. The quantitative estimate of drug-likeness (QED) is 0.287. The first kappa shape index (κ1) is 26.2. The Morgan fingerprint density at radius 1 is 1.14 bits per heavy atom. The summed E-state index contributed by atoms with van der Waals surface area (Å²) in [7, 11) is 0. The fraction of sp³-hybridized carbons (Fsp3) is 0.185. The molecule has 0 atom stereocenters. The molecule has 4 rings (SSSR count). The van der Waals surface area contributed by atoms with Crippen molar-refractivity contribution in [1.29, 1.82) is 0 Å². The zero-order chi connectivity index (χ0) is 26.7. The molecule has 0 radical (unpaired) electrons. The Balaban J connectivity index is 1.47. The van der Waals surface area contributed by atoms with Gasteiger partial charge >= 0.3 is 5.97 Å². The highest BCUT2D eigenvalue weighted by Crippen LogP contribution is 2.34. The third kappa shape index (κ3) is 5.79. The number of thioether (sulfide) groups is 1. The van der Waals surface area contributed by atoms with Crippen molar-refractivity contribution < 1.29 is 28.3 Å². The molecule has 2 heterocycles. The maximum atomic E-state index is 12.9. The third-order valence-corrected chi connectivity index (χ3v) is 6.94. The van der Waals surface area contributed by atoms with Crippen LogP contribution in [0.1, 0.15) is 34.2 Å². The van der Waals surface area contributed by atoms with Gasteiger partial charge in [-0.3, -0.25) is 19.3 Å². The Morgan fingerprint density at radius 3 is 2.68 bits per heavy atom. The van der Waals surface area contributed by atoms with Crippen LogP contribution in [0.2, 0.25) is 5.02 Å². The number of furan rings is 1. The minimum atomic E-state index is -0.583. The number of esters is 1. The second kappa shape index (κ2) is 11.1. The molecule has 190 valence electrons. The van der Waals surface area contributed by atoms with Crippen molar-refractivity contribution in [2.24, 2.45) is 0 Å². The molecule has 0 saturated carbocycles. The minimum Gasteiger partial charge on any atom is -0.462 e. The Hall–Kier alpha value is -3.82. The number of nitrogens with zero attached hydrogens (tertiary/aromatic N) is 1. The first-order valence-corrected chi connectivity index (χ1v) is 12.6. The summed E-state index contributed by atoms with van der Waals surface area (Å²) in [5.41, 5.74) is 3.35. The Bertz CT molecular complexity index is 1440. The Morgan fingerprint density at radius 2 is 1.92 bits per heavy atom. The molecule has 0 unspecified atom stereocenters. The van der Waals surface area contributed by atoms with Crippen molar-refractivity contribution >= 4 is 58.1 Å². The number of benzene rings is 2. The van der Waals surface area contributed by atoms with Crippen molar-refractivity contribution in [3.05, 3.63) is 80.9 Å². The molecule has 2 aromatic carbocycles. The molecule has 0 bridgehead atoms. The summed E-state index contributed by atoms with van der Waals surface area (Å²) < 4.78 is 10.9. The number of hydrogen-bond donors (Lipinski definition) is 1. The highest BCUT2D eigenvalue weighted by Gasteiger charge is 2.36. The molecule has 1 saturated heterocycles. The maximum Gasteiger partial charge on any atom is 0.339 e. The standard InChI is InChI=1S/C27H23ClN2O6S/c1-4-35-26(33)19-12-17(8-10-20(19)28)22-11-9-18(36-22)13-23-25(32)30(27(34)37-23)14-24(31)29-21-7-5-6-15(2)16(21)3/h5-13H,4,14H2,1-3H3,(H,29,31)/b23-13+. The van der Waals surface area contributed by atoms with Crippen LogP contribution in [0.25, 0.3) is 17.4 Å². The van der Waals surface area contributed by atoms with Crippen molar-refractivity contribution in [3.8, 4) is 11.3 Å². The molecule has 1 aliphatic heterocycles. The highest BCUT2D eigenvalue weighted by molar-refractivity contribution is 8.18. The van der Waals surface area contributed by atoms with Crippen LogP contribution >= 0.6 is 23.4 Å². The summed E-state index contributed by atoms with van der Waals surface area (Å²) in [6.07, 6.45) is 1.44. The fourth-order valence-corrected chi connectivity index (χ4v) is 4.63. The molecule has 1 N–H and O–H groups in total. The molecule has 0 spiro atoms. The van der Waals surface area contributed by atoms with E-state index < -0.39 is 29.6 Å². The van der Waals surface area contributed by atoms with Crippen LogP contribution in [-0.4, -0.2) is 41.1 Å². The lowest BCUT2D eigenvalue weighted by Crippen LogP contribution is -2.36. The van der Waals surface area contributed by atoms with E-state index in [4.69, 9.17) is 20.8 Å². The monoisotopic (exact) mass is 538 g/mol. The van der Waals surface area contributed by atoms with E-state index in [2.05, 4.69) is 5.32 Å². The number of aryl methyl sites for hydroxylation is 1. The number of amides is 3. The van der Waals surface area contributed by atoms with E-state index in [0.717, 1.165) is 27.8 Å². The Kier molecular flexibility index (Phi) is 7.85. The average Bonchev–Trinajstić information content (AvgIpc) is 3.43. The topological polar surface area (TPSA) is 106 Å². The number of nitrogens with one attached hydrogen (secondary N) is 1. The summed E-state index contributed by atoms with van der Waals surface area (Å²) in [5.74, 6) is -0.845. The van der Waals surface area contributed by atoms with Gasteiger partial charge in [-0.15, -0.1) is 0 Å². The van der Waals surface area contributed by atoms with E-state index in [-0.39, 0.29) is 22.1 Å². The maximum absolute atomic E-state index is 12.9. The molecule has 3 aromatic rings. The smallest absolute Gasteiger partial charge is 0.339 e. The Labute approximate surface area is 222 Å². The molecular formula is C27H23ClN2O6S. The predicted octanol–water partition coefficient (Wildman–Crippen LogP) is 6.07. The molecule has 3 amide bonds. The molecule has 10 heteroatoms. The summed E-state index contributed by atoms with van der Waals surface area (Å²) in [6, 6.07) is 13.6. The van der Waals surface area contributed by atoms with E-state index in [9.17, 15) is 19.2 Å². The highest BCUT2D eigenvalue weighted by atomic mass is 35.5. The number of carbonyl (C=O) groups is 4. The molecule has 8 nitrogen and oxygen atoms in total. The normalized spacial score (nSPS) is 14.4.